The lowest BCUT2D eigenvalue weighted by molar-refractivity contribution is -0.138. The molecule has 5 nitrogen and oxygen atoms in total. The van der Waals surface area contributed by atoms with Crippen LogP contribution >= 0.6 is 0 Å². The fourth-order valence-corrected chi connectivity index (χ4v) is 3.51. The predicted octanol–water partition coefficient (Wildman–Crippen LogP) is 3.89. The molecule has 1 saturated heterocycles. The molecule has 0 atom stereocenters. The molecular weight excluding hydrogens is 373 g/mol. The Balaban J connectivity index is 1.67. The normalized spacial score (nSPS) is 15.5. The molecule has 2 aromatic rings. The minimum absolute atomic E-state index is 0.162. The molecule has 1 aliphatic heterocycles. The Bertz CT molecular complexity index is 875. The van der Waals surface area contributed by atoms with Gasteiger partial charge in [-0.05, 0) is 48.9 Å². The number of carbonyl (C=O) groups is 2. The van der Waals surface area contributed by atoms with Gasteiger partial charge in [0.05, 0.1) is 11.1 Å². The topological polar surface area (TPSA) is 70.5 Å². The van der Waals surface area contributed by atoms with Crippen LogP contribution < -0.4 is 0 Å². The Labute approximate surface area is 159 Å². The lowest BCUT2D eigenvalue weighted by atomic mass is 9.88. The molecule has 1 amide bonds. The molecule has 1 aromatic carbocycles. The van der Waals surface area contributed by atoms with Gasteiger partial charge in [0.25, 0.3) is 5.91 Å². The second-order valence-electron chi connectivity index (χ2n) is 6.80. The lowest BCUT2D eigenvalue weighted by Gasteiger charge is -2.32. The first kappa shape index (κ1) is 19.9. The Morgan fingerprint density at radius 3 is 2.43 bits per heavy atom. The van der Waals surface area contributed by atoms with Crippen molar-refractivity contribution in [2.24, 2.45) is 5.92 Å². The molecule has 1 N–H and O–H groups in total. The zero-order valence-corrected chi connectivity index (χ0v) is 14.9. The second-order valence-corrected chi connectivity index (χ2v) is 6.80. The second kappa shape index (κ2) is 8.00. The van der Waals surface area contributed by atoms with Gasteiger partial charge in [0.1, 0.15) is 5.69 Å². The first-order chi connectivity index (χ1) is 13.3. The summed E-state index contributed by atoms with van der Waals surface area (Å²) in [6.07, 6.45) is -1.72. The maximum Gasteiger partial charge on any atom is 0.418 e. The SMILES string of the molecule is O=C(O)c1ccccc1CC1CCN(C(=O)c2ncccc2C(F)(F)F)CC1. The molecule has 148 valence electrons. The largest absolute Gasteiger partial charge is 0.478 e. The van der Waals surface area contributed by atoms with E-state index in [2.05, 4.69) is 4.98 Å². The molecule has 0 radical (unpaired) electrons. The molecule has 1 aliphatic rings. The van der Waals surface area contributed by atoms with Crippen LogP contribution in [0, 0.1) is 5.92 Å². The van der Waals surface area contributed by atoms with Crippen LogP contribution in [0.3, 0.4) is 0 Å². The number of aromatic carboxylic acids is 1. The summed E-state index contributed by atoms with van der Waals surface area (Å²) in [5.41, 5.74) is -0.629. The van der Waals surface area contributed by atoms with E-state index in [9.17, 15) is 27.9 Å². The van der Waals surface area contributed by atoms with Crippen LogP contribution in [0.4, 0.5) is 13.2 Å². The minimum atomic E-state index is -4.64. The summed E-state index contributed by atoms with van der Waals surface area (Å²) >= 11 is 0. The van der Waals surface area contributed by atoms with E-state index in [4.69, 9.17) is 0 Å². The first-order valence-electron chi connectivity index (χ1n) is 8.90. The molecule has 1 aromatic heterocycles. The maximum absolute atomic E-state index is 13.1. The number of pyridine rings is 1. The number of nitrogens with zero attached hydrogens (tertiary/aromatic N) is 2. The number of benzene rings is 1. The number of aromatic nitrogens is 1. The Morgan fingerprint density at radius 2 is 1.79 bits per heavy atom. The van der Waals surface area contributed by atoms with E-state index in [1.165, 1.54) is 11.1 Å². The molecule has 3 rings (SSSR count). The predicted molar refractivity (Wildman–Crippen MR) is 95.0 cm³/mol. The van der Waals surface area contributed by atoms with E-state index in [0.29, 0.717) is 32.4 Å². The fourth-order valence-electron chi connectivity index (χ4n) is 3.51. The molecule has 0 aliphatic carbocycles. The van der Waals surface area contributed by atoms with Crippen molar-refractivity contribution in [3.63, 3.8) is 0 Å². The van der Waals surface area contributed by atoms with Crippen LogP contribution in [0.2, 0.25) is 0 Å². The van der Waals surface area contributed by atoms with Crippen molar-refractivity contribution in [1.29, 1.82) is 0 Å². The average molecular weight is 392 g/mol. The first-order valence-corrected chi connectivity index (χ1v) is 8.90. The molecule has 0 saturated carbocycles. The molecule has 28 heavy (non-hydrogen) atoms. The van der Waals surface area contributed by atoms with Crippen LogP contribution in [-0.4, -0.2) is 40.0 Å². The van der Waals surface area contributed by atoms with Gasteiger partial charge in [0.15, 0.2) is 0 Å². The number of carboxylic acid groups (broad SMARTS) is 1. The average Bonchev–Trinajstić information content (AvgIpc) is 2.67. The number of amides is 1. The van der Waals surface area contributed by atoms with Crippen LogP contribution in [-0.2, 0) is 12.6 Å². The number of piperidine rings is 1. The van der Waals surface area contributed by atoms with Crippen molar-refractivity contribution >= 4 is 11.9 Å². The summed E-state index contributed by atoms with van der Waals surface area (Å²) in [4.78, 5) is 28.9. The highest BCUT2D eigenvalue weighted by atomic mass is 19.4. The van der Waals surface area contributed by atoms with Crippen molar-refractivity contribution in [2.45, 2.75) is 25.4 Å². The summed E-state index contributed by atoms with van der Waals surface area (Å²) in [7, 11) is 0. The van der Waals surface area contributed by atoms with E-state index in [-0.39, 0.29) is 11.5 Å². The van der Waals surface area contributed by atoms with E-state index in [0.717, 1.165) is 17.7 Å². The van der Waals surface area contributed by atoms with Gasteiger partial charge in [-0.3, -0.25) is 9.78 Å². The number of rotatable bonds is 4. The van der Waals surface area contributed by atoms with Crippen LogP contribution in [0.1, 0.15) is 44.8 Å². The molecule has 2 heterocycles. The number of hydrogen-bond donors (Lipinski definition) is 1. The number of carboxylic acids is 1. The van der Waals surface area contributed by atoms with Crippen molar-refractivity contribution in [3.05, 3.63) is 65.0 Å². The fraction of sp³-hybridized carbons (Fsp3) is 0.350. The zero-order chi connectivity index (χ0) is 20.3. The van der Waals surface area contributed by atoms with E-state index >= 15 is 0 Å². The summed E-state index contributed by atoms with van der Waals surface area (Å²) in [6.45, 7) is 0.624. The highest BCUT2D eigenvalue weighted by Gasteiger charge is 2.37. The smallest absolute Gasteiger partial charge is 0.418 e. The molecular formula is C20H19F3N2O3. The van der Waals surface area contributed by atoms with Crippen molar-refractivity contribution in [3.8, 4) is 0 Å². The van der Waals surface area contributed by atoms with Gasteiger partial charge in [0.2, 0.25) is 0 Å². The van der Waals surface area contributed by atoms with E-state index < -0.39 is 29.3 Å². The monoisotopic (exact) mass is 392 g/mol. The highest BCUT2D eigenvalue weighted by Crippen LogP contribution is 2.32. The molecule has 8 heteroatoms. The number of carbonyl (C=O) groups excluding carboxylic acids is 1. The van der Waals surface area contributed by atoms with Crippen molar-refractivity contribution < 1.29 is 27.9 Å². The summed E-state index contributed by atoms with van der Waals surface area (Å²) < 4.78 is 39.4. The lowest BCUT2D eigenvalue weighted by Crippen LogP contribution is -2.40. The Hall–Kier alpha value is -2.90. The van der Waals surface area contributed by atoms with Crippen LogP contribution in [0.25, 0.3) is 0 Å². The third-order valence-electron chi connectivity index (χ3n) is 4.97. The quantitative estimate of drug-likeness (QED) is 0.857. The summed E-state index contributed by atoms with van der Waals surface area (Å²) in [5.74, 6) is -1.55. The van der Waals surface area contributed by atoms with Crippen molar-refractivity contribution in [1.82, 2.24) is 9.88 Å². The molecule has 0 unspecified atom stereocenters. The Morgan fingerprint density at radius 1 is 1.11 bits per heavy atom. The summed E-state index contributed by atoms with van der Waals surface area (Å²) in [6, 6.07) is 8.78. The number of likely N-dealkylation sites (tertiary alicyclic amines) is 1. The van der Waals surface area contributed by atoms with Crippen LogP contribution in [0.5, 0.6) is 0 Å². The van der Waals surface area contributed by atoms with E-state index in [1.807, 2.05) is 0 Å². The van der Waals surface area contributed by atoms with Gasteiger partial charge in [-0.25, -0.2) is 4.79 Å². The molecule has 0 bridgehead atoms. The maximum atomic E-state index is 13.1. The zero-order valence-electron chi connectivity index (χ0n) is 14.9. The van der Waals surface area contributed by atoms with Gasteiger partial charge in [0, 0.05) is 19.3 Å². The third kappa shape index (κ3) is 4.32. The van der Waals surface area contributed by atoms with Gasteiger partial charge >= 0.3 is 12.1 Å². The van der Waals surface area contributed by atoms with Gasteiger partial charge < -0.3 is 10.0 Å². The number of halogens is 3. The summed E-state index contributed by atoms with van der Waals surface area (Å²) in [5, 5.41) is 9.28. The van der Waals surface area contributed by atoms with Crippen molar-refractivity contribution in [2.75, 3.05) is 13.1 Å². The number of alkyl halides is 3. The highest BCUT2D eigenvalue weighted by molar-refractivity contribution is 5.94. The Kier molecular flexibility index (Phi) is 5.67. The van der Waals surface area contributed by atoms with Gasteiger partial charge in [-0.15, -0.1) is 0 Å². The van der Waals surface area contributed by atoms with Gasteiger partial charge in [-0.1, -0.05) is 18.2 Å². The number of hydrogen-bond acceptors (Lipinski definition) is 3. The van der Waals surface area contributed by atoms with E-state index in [1.54, 1.807) is 24.3 Å². The third-order valence-corrected chi connectivity index (χ3v) is 4.97. The van der Waals surface area contributed by atoms with Gasteiger partial charge in [-0.2, -0.15) is 13.2 Å². The molecule has 1 fully saturated rings. The molecule has 0 spiro atoms. The standard InChI is InChI=1S/C20H19F3N2O3/c21-20(22,23)16-6-3-9-24-17(16)18(26)25-10-7-13(8-11-25)12-14-4-1-2-5-15(14)19(27)28/h1-6,9,13H,7-8,10-12H2,(H,27,28). The van der Waals surface area contributed by atoms with Crippen LogP contribution in [0.15, 0.2) is 42.6 Å². The minimum Gasteiger partial charge on any atom is -0.478 e.